The summed E-state index contributed by atoms with van der Waals surface area (Å²) >= 11 is 0. The van der Waals surface area contributed by atoms with E-state index in [2.05, 4.69) is 51.2 Å². The Morgan fingerprint density at radius 1 is 1.09 bits per heavy atom. The first kappa shape index (κ1) is 14.4. The summed E-state index contributed by atoms with van der Waals surface area (Å²) in [4.78, 5) is 9.37. The largest absolute Gasteiger partial charge is 0.339 e. The molecule has 0 N–H and O–H groups in total. The van der Waals surface area contributed by atoms with Crippen LogP contribution in [0.25, 0.3) is 0 Å². The van der Waals surface area contributed by atoms with Crippen molar-refractivity contribution >= 4 is 17.5 Å². The van der Waals surface area contributed by atoms with Crippen LogP contribution in [0, 0.1) is 5.92 Å². The quantitative estimate of drug-likeness (QED) is 0.852. The number of hydrogen-bond acceptors (Lipinski definition) is 5. The van der Waals surface area contributed by atoms with Crippen LogP contribution in [0.1, 0.15) is 31.7 Å². The van der Waals surface area contributed by atoms with E-state index in [0.29, 0.717) is 0 Å². The second kappa shape index (κ2) is 6.14. The Hall–Kier alpha value is -2.17. The molecule has 1 aromatic carbocycles. The Kier molecular flexibility index (Phi) is 3.85. The minimum atomic E-state index is 0.775. The van der Waals surface area contributed by atoms with E-state index < -0.39 is 0 Å². The maximum atomic E-state index is 4.82. The van der Waals surface area contributed by atoms with Crippen LogP contribution < -0.4 is 9.80 Å². The predicted molar refractivity (Wildman–Crippen MR) is 92.2 cm³/mol. The molecule has 1 fully saturated rings. The standard InChI is InChI=1S/C18H23N5/c1-14-8-11-22(12-9-14)18-20-17(13-19-21-18)23-10-4-6-15-5-2-3-7-16(15)23/h2-3,5,7,13-14H,4,6,8-12H2,1H3. The van der Waals surface area contributed by atoms with Gasteiger partial charge in [0, 0.05) is 25.3 Å². The molecule has 23 heavy (non-hydrogen) atoms. The molecule has 120 valence electrons. The smallest absolute Gasteiger partial charge is 0.247 e. The summed E-state index contributed by atoms with van der Waals surface area (Å²) in [6.45, 7) is 5.37. The fourth-order valence-corrected chi connectivity index (χ4v) is 3.53. The average molecular weight is 309 g/mol. The summed E-state index contributed by atoms with van der Waals surface area (Å²) in [6.07, 6.45) is 6.50. The lowest BCUT2D eigenvalue weighted by Crippen LogP contribution is -2.35. The second-order valence-electron chi connectivity index (χ2n) is 6.67. The molecular formula is C18H23N5. The third-order valence-electron chi connectivity index (χ3n) is 4.99. The number of aromatic nitrogens is 3. The lowest BCUT2D eigenvalue weighted by atomic mass is 10.00. The first-order valence-electron chi connectivity index (χ1n) is 8.61. The summed E-state index contributed by atoms with van der Waals surface area (Å²) < 4.78 is 0. The molecule has 2 aromatic rings. The Morgan fingerprint density at radius 3 is 2.78 bits per heavy atom. The highest BCUT2D eigenvalue weighted by Gasteiger charge is 2.22. The van der Waals surface area contributed by atoms with Gasteiger partial charge in [0.15, 0.2) is 5.82 Å². The lowest BCUT2D eigenvalue weighted by molar-refractivity contribution is 0.433. The second-order valence-corrected chi connectivity index (χ2v) is 6.67. The van der Waals surface area contributed by atoms with Crippen molar-refractivity contribution in [3.63, 3.8) is 0 Å². The number of piperidine rings is 1. The van der Waals surface area contributed by atoms with Crippen LogP contribution in [0.3, 0.4) is 0 Å². The Labute approximate surface area is 137 Å². The molecule has 0 atom stereocenters. The zero-order valence-electron chi connectivity index (χ0n) is 13.6. The van der Waals surface area contributed by atoms with Gasteiger partial charge in [0.2, 0.25) is 5.95 Å². The van der Waals surface area contributed by atoms with Crippen LogP contribution in [0.2, 0.25) is 0 Å². The third kappa shape index (κ3) is 2.87. The number of hydrogen-bond donors (Lipinski definition) is 0. The van der Waals surface area contributed by atoms with Crippen LogP contribution in [0.5, 0.6) is 0 Å². The van der Waals surface area contributed by atoms with Crippen LogP contribution in [0.4, 0.5) is 17.5 Å². The molecule has 5 heteroatoms. The molecule has 2 aliphatic heterocycles. The number of nitrogens with zero attached hydrogens (tertiary/aromatic N) is 5. The van der Waals surface area contributed by atoms with Gasteiger partial charge >= 0.3 is 0 Å². The highest BCUT2D eigenvalue weighted by molar-refractivity contribution is 5.65. The van der Waals surface area contributed by atoms with Crippen molar-refractivity contribution in [2.45, 2.75) is 32.6 Å². The van der Waals surface area contributed by atoms with E-state index in [1.165, 1.54) is 24.1 Å². The Morgan fingerprint density at radius 2 is 1.91 bits per heavy atom. The van der Waals surface area contributed by atoms with Crippen molar-refractivity contribution in [3.8, 4) is 0 Å². The number of anilines is 3. The predicted octanol–water partition coefficient (Wildman–Crippen LogP) is 3.19. The Balaban J connectivity index is 1.62. The highest BCUT2D eigenvalue weighted by atomic mass is 15.4. The summed E-state index contributed by atoms with van der Waals surface area (Å²) in [5.74, 6) is 2.49. The van der Waals surface area contributed by atoms with Gasteiger partial charge in [-0.3, -0.25) is 0 Å². The first-order chi connectivity index (χ1) is 11.3. The molecule has 0 bridgehead atoms. The van der Waals surface area contributed by atoms with Gasteiger partial charge in [0.05, 0.1) is 6.20 Å². The van der Waals surface area contributed by atoms with Gasteiger partial charge < -0.3 is 9.80 Å². The van der Waals surface area contributed by atoms with Crippen molar-refractivity contribution in [2.24, 2.45) is 5.92 Å². The van der Waals surface area contributed by atoms with Gasteiger partial charge in [-0.1, -0.05) is 25.1 Å². The summed E-state index contributed by atoms with van der Waals surface area (Å²) in [6, 6.07) is 8.60. The topological polar surface area (TPSA) is 45.2 Å². The van der Waals surface area contributed by atoms with Crippen LogP contribution >= 0.6 is 0 Å². The number of fused-ring (bicyclic) bond motifs is 1. The molecule has 2 aliphatic rings. The molecule has 1 aromatic heterocycles. The molecule has 0 amide bonds. The Bertz CT molecular complexity index is 679. The van der Waals surface area contributed by atoms with E-state index in [9.17, 15) is 0 Å². The van der Waals surface area contributed by atoms with Crippen molar-refractivity contribution in [3.05, 3.63) is 36.0 Å². The first-order valence-corrected chi connectivity index (χ1v) is 8.61. The number of benzene rings is 1. The summed E-state index contributed by atoms with van der Waals surface area (Å²) in [7, 11) is 0. The van der Waals surface area contributed by atoms with E-state index >= 15 is 0 Å². The molecule has 0 spiro atoms. The molecule has 4 rings (SSSR count). The number of aryl methyl sites for hydroxylation is 1. The molecule has 0 aliphatic carbocycles. The zero-order chi connectivity index (χ0) is 15.6. The van der Waals surface area contributed by atoms with Gasteiger partial charge in [-0.25, -0.2) is 0 Å². The molecular weight excluding hydrogens is 286 g/mol. The van der Waals surface area contributed by atoms with Crippen molar-refractivity contribution in [2.75, 3.05) is 29.4 Å². The van der Waals surface area contributed by atoms with Crippen molar-refractivity contribution in [1.82, 2.24) is 15.2 Å². The lowest BCUT2D eigenvalue weighted by Gasteiger charge is -2.32. The zero-order valence-corrected chi connectivity index (χ0v) is 13.6. The number of rotatable bonds is 2. The van der Waals surface area contributed by atoms with Gasteiger partial charge in [0.25, 0.3) is 0 Å². The maximum absolute atomic E-state index is 4.82. The third-order valence-corrected chi connectivity index (χ3v) is 4.99. The van der Waals surface area contributed by atoms with Gasteiger partial charge in [-0.2, -0.15) is 10.1 Å². The molecule has 1 saturated heterocycles. The molecule has 0 saturated carbocycles. The molecule has 0 unspecified atom stereocenters. The van der Waals surface area contributed by atoms with Crippen LogP contribution in [-0.4, -0.2) is 34.8 Å². The average Bonchev–Trinajstić information content (AvgIpc) is 2.62. The normalized spacial score (nSPS) is 18.8. The summed E-state index contributed by atoms with van der Waals surface area (Å²) in [5.41, 5.74) is 2.66. The van der Waals surface area contributed by atoms with E-state index in [1.54, 1.807) is 6.20 Å². The van der Waals surface area contributed by atoms with Crippen LogP contribution in [-0.2, 0) is 6.42 Å². The van der Waals surface area contributed by atoms with Crippen molar-refractivity contribution < 1.29 is 0 Å². The van der Waals surface area contributed by atoms with E-state index in [4.69, 9.17) is 4.98 Å². The van der Waals surface area contributed by atoms with E-state index in [0.717, 1.165) is 50.2 Å². The monoisotopic (exact) mass is 309 g/mol. The number of para-hydroxylation sites is 1. The summed E-state index contributed by atoms with van der Waals surface area (Å²) in [5, 5.41) is 8.51. The minimum absolute atomic E-state index is 0.775. The SMILES string of the molecule is CC1CCN(c2nncc(N3CCCc4ccccc43)n2)CC1. The van der Waals surface area contributed by atoms with Gasteiger partial charge in [-0.15, -0.1) is 5.10 Å². The van der Waals surface area contributed by atoms with Crippen LogP contribution in [0.15, 0.2) is 30.5 Å². The molecule has 3 heterocycles. The van der Waals surface area contributed by atoms with E-state index in [1.807, 2.05) is 0 Å². The molecule has 0 radical (unpaired) electrons. The molecule has 5 nitrogen and oxygen atoms in total. The van der Waals surface area contributed by atoms with E-state index in [-0.39, 0.29) is 0 Å². The minimum Gasteiger partial charge on any atom is -0.339 e. The fraction of sp³-hybridized carbons (Fsp3) is 0.500. The maximum Gasteiger partial charge on any atom is 0.247 e. The van der Waals surface area contributed by atoms with Gasteiger partial charge in [0.1, 0.15) is 0 Å². The van der Waals surface area contributed by atoms with Gasteiger partial charge in [-0.05, 0) is 43.2 Å². The fourth-order valence-electron chi connectivity index (χ4n) is 3.53. The highest BCUT2D eigenvalue weighted by Crippen LogP contribution is 2.32. The van der Waals surface area contributed by atoms with Crippen molar-refractivity contribution in [1.29, 1.82) is 0 Å².